The lowest BCUT2D eigenvalue weighted by atomic mass is 10.1. The molecule has 36 heavy (non-hydrogen) atoms. The molecule has 0 aliphatic carbocycles. The van der Waals surface area contributed by atoms with E-state index in [0.29, 0.717) is 36.9 Å². The molecular formula is C26H33N5O3S2. The molecule has 1 amide bonds. The zero-order valence-corrected chi connectivity index (χ0v) is 23.1. The van der Waals surface area contributed by atoms with Gasteiger partial charge in [0, 0.05) is 31.9 Å². The van der Waals surface area contributed by atoms with Crippen LogP contribution in [-0.2, 0) is 21.4 Å². The van der Waals surface area contributed by atoms with Gasteiger partial charge in [-0.15, -0.1) is 0 Å². The minimum absolute atomic E-state index is 0.111. The fourth-order valence-electron chi connectivity index (χ4n) is 4.25. The number of nitriles is 1. The minimum atomic E-state index is -3.60. The molecule has 1 aromatic heterocycles. The number of imidazole rings is 1. The Morgan fingerprint density at radius 3 is 2.33 bits per heavy atom. The Bertz CT molecular complexity index is 1370. The summed E-state index contributed by atoms with van der Waals surface area (Å²) in [5.41, 5.74) is 4.28. The molecule has 0 spiro atoms. The Balaban J connectivity index is 1.89. The fourth-order valence-corrected chi connectivity index (χ4v) is 6.68. The number of anilines is 1. The summed E-state index contributed by atoms with van der Waals surface area (Å²) in [5.74, 6) is 0.0338. The van der Waals surface area contributed by atoms with Gasteiger partial charge < -0.3 is 9.47 Å². The molecule has 2 aromatic carbocycles. The first-order valence-electron chi connectivity index (χ1n) is 12.0. The zero-order valence-electron chi connectivity index (χ0n) is 21.5. The van der Waals surface area contributed by atoms with Gasteiger partial charge in [0.25, 0.3) is 0 Å². The normalized spacial score (nSPS) is 11.7. The van der Waals surface area contributed by atoms with Gasteiger partial charge in [-0.1, -0.05) is 31.7 Å². The number of hydrogen-bond donors (Lipinski definition) is 0. The third kappa shape index (κ3) is 5.91. The lowest BCUT2D eigenvalue weighted by Gasteiger charge is -2.22. The van der Waals surface area contributed by atoms with Gasteiger partial charge in [-0.3, -0.25) is 4.79 Å². The van der Waals surface area contributed by atoms with Crippen LogP contribution in [0.15, 0.2) is 46.5 Å². The van der Waals surface area contributed by atoms with Crippen molar-refractivity contribution in [2.45, 2.75) is 57.6 Å². The largest absolute Gasteiger partial charge is 0.319 e. The number of thioether (sulfide) groups is 1. The van der Waals surface area contributed by atoms with Crippen molar-refractivity contribution in [1.29, 1.82) is 5.26 Å². The van der Waals surface area contributed by atoms with Gasteiger partial charge >= 0.3 is 0 Å². The summed E-state index contributed by atoms with van der Waals surface area (Å²) in [6.45, 7) is 11.3. The number of amides is 1. The number of carbonyl (C=O) groups is 1. The van der Waals surface area contributed by atoms with Crippen LogP contribution in [0.1, 0.15) is 38.3 Å². The fraction of sp³-hybridized carbons (Fsp3) is 0.423. The van der Waals surface area contributed by atoms with Crippen molar-refractivity contribution in [2.24, 2.45) is 0 Å². The summed E-state index contributed by atoms with van der Waals surface area (Å²) in [6, 6.07) is 13.1. The predicted octanol–water partition coefficient (Wildman–Crippen LogP) is 4.74. The highest BCUT2D eigenvalue weighted by Crippen LogP contribution is 2.28. The third-order valence-corrected chi connectivity index (χ3v) is 8.94. The lowest BCUT2D eigenvalue weighted by molar-refractivity contribution is -0.116. The highest BCUT2D eigenvalue weighted by Gasteiger charge is 2.24. The second-order valence-corrected chi connectivity index (χ2v) is 11.3. The molecule has 0 unspecified atom stereocenters. The molecule has 3 rings (SSSR count). The minimum Gasteiger partial charge on any atom is -0.319 e. The molecule has 0 saturated heterocycles. The van der Waals surface area contributed by atoms with E-state index < -0.39 is 10.0 Å². The average Bonchev–Trinajstić information content (AvgIpc) is 3.19. The molecular weight excluding hydrogens is 494 g/mol. The monoisotopic (exact) mass is 527 g/mol. The van der Waals surface area contributed by atoms with E-state index in [-0.39, 0.29) is 23.0 Å². The molecule has 8 nitrogen and oxygen atoms in total. The summed E-state index contributed by atoms with van der Waals surface area (Å²) < 4.78 is 29.3. The molecule has 0 aliphatic heterocycles. The number of nitrogens with zero attached hydrogens (tertiary/aromatic N) is 5. The molecule has 0 saturated carbocycles. The highest BCUT2D eigenvalue weighted by atomic mass is 32.2. The smallest absolute Gasteiger partial charge is 0.243 e. The lowest BCUT2D eigenvalue weighted by Crippen LogP contribution is -2.33. The molecule has 3 aromatic rings. The molecule has 0 atom stereocenters. The van der Waals surface area contributed by atoms with Crippen LogP contribution in [0.5, 0.6) is 0 Å². The second-order valence-electron chi connectivity index (χ2n) is 8.47. The number of aromatic nitrogens is 2. The predicted molar refractivity (Wildman–Crippen MR) is 145 cm³/mol. The van der Waals surface area contributed by atoms with Crippen molar-refractivity contribution in [2.75, 3.05) is 30.3 Å². The van der Waals surface area contributed by atoms with E-state index in [4.69, 9.17) is 5.26 Å². The van der Waals surface area contributed by atoms with Crippen molar-refractivity contribution < 1.29 is 13.2 Å². The van der Waals surface area contributed by atoms with E-state index in [9.17, 15) is 13.2 Å². The molecule has 0 aliphatic rings. The summed E-state index contributed by atoms with van der Waals surface area (Å²) >= 11 is 1.32. The first kappa shape index (κ1) is 27.7. The van der Waals surface area contributed by atoms with E-state index in [1.165, 1.54) is 16.1 Å². The second kappa shape index (κ2) is 11.9. The number of rotatable bonds is 11. The maximum atomic E-state index is 13.3. The van der Waals surface area contributed by atoms with Crippen molar-refractivity contribution >= 4 is 44.4 Å². The van der Waals surface area contributed by atoms with Crippen LogP contribution in [0.25, 0.3) is 11.0 Å². The van der Waals surface area contributed by atoms with E-state index in [1.54, 1.807) is 23.1 Å². The van der Waals surface area contributed by atoms with Crippen LogP contribution < -0.4 is 4.90 Å². The third-order valence-electron chi connectivity index (χ3n) is 5.94. The van der Waals surface area contributed by atoms with E-state index in [2.05, 4.69) is 11.1 Å². The van der Waals surface area contributed by atoms with Crippen molar-refractivity contribution in [1.82, 2.24) is 13.9 Å². The van der Waals surface area contributed by atoms with Crippen molar-refractivity contribution in [3.05, 3.63) is 47.5 Å². The van der Waals surface area contributed by atoms with Gasteiger partial charge in [0.15, 0.2) is 5.16 Å². The Kier molecular flexibility index (Phi) is 9.17. The molecule has 192 valence electrons. The van der Waals surface area contributed by atoms with Crippen LogP contribution in [0.2, 0.25) is 0 Å². The number of benzene rings is 2. The summed E-state index contributed by atoms with van der Waals surface area (Å²) in [5, 5.41) is 9.75. The standard InChI is InChI=1S/C26H33N5O3S2/c1-6-29(7-2)36(33,34)22-10-11-24-23(17-22)28-26(30(24)8-3)35-18-25(32)31(13-9-12-27)21-15-19(4)14-20(5)16-21/h10-11,14-17H,6-9,13,18H2,1-5H3. The first-order chi connectivity index (χ1) is 17.2. The van der Waals surface area contributed by atoms with Crippen LogP contribution >= 0.6 is 11.8 Å². The Morgan fingerprint density at radius 2 is 1.75 bits per heavy atom. The van der Waals surface area contributed by atoms with Gasteiger partial charge in [-0.2, -0.15) is 9.57 Å². The van der Waals surface area contributed by atoms with Crippen molar-refractivity contribution in [3.63, 3.8) is 0 Å². The van der Waals surface area contributed by atoms with Gasteiger partial charge in [-0.25, -0.2) is 13.4 Å². The Hall–Kier alpha value is -2.87. The number of sulfonamides is 1. The van der Waals surface area contributed by atoms with Gasteiger partial charge in [0.1, 0.15) is 0 Å². The maximum absolute atomic E-state index is 13.3. The number of carbonyl (C=O) groups excluding carboxylic acids is 1. The quantitative estimate of drug-likeness (QED) is 0.334. The SMILES string of the molecule is CCN(CC)S(=O)(=O)c1ccc2c(c1)nc(SCC(=O)N(CCC#N)c1cc(C)cc(C)c1)n2CC. The molecule has 0 N–H and O–H groups in total. The average molecular weight is 528 g/mol. The number of aryl methyl sites for hydroxylation is 3. The van der Waals surface area contributed by atoms with Gasteiger partial charge in [0.05, 0.1) is 34.2 Å². The van der Waals surface area contributed by atoms with Crippen LogP contribution in [0.4, 0.5) is 5.69 Å². The number of fused-ring (bicyclic) bond motifs is 1. The van der Waals surface area contributed by atoms with E-state index in [0.717, 1.165) is 22.3 Å². The van der Waals surface area contributed by atoms with Crippen LogP contribution in [0, 0.1) is 25.2 Å². The maximum Gasteiger partial charge on any atom is 0.243 e. The topological polar surface area (TPSA) is 99.3 Å². The Labute approximate surface area is 218 Å². The highest BCUT2D eigenvalue weighted by molar-refractivity contribution is 7.99. The summed E-state index contributed by atoms with van der Waals surface area (Å²) in [7, 11) is -3.60. The van der Waals surface area contributed by atoms with E-state index in [1.807, 2.05) is 57.4 Å². The molecule has 10 heteroatoms. The van der Waals surface area contributed by atoms with Gasteiger partial charge in [0.2, 0.25) is 15.9 Å². The van der Waals surface area contributed by atoms with Gasteiger partial charge in [-0.05, 0) is 62.2 Å². The summed E-state index contributed by atoms with van der Waals surface area (Å²) in [4.78, 5) is 19.8. The van der Waals surface area contributed by atoms with E-state index >= 15 is 0 Å². The molecule has 1 heterocycles. The molecule has 0 radical (unpaired) electrons. The summed E-state index contributed by atoms with van der Waals surface area (Å²) in [6.07, 6.45) is 0.237. The molecule has 0 fully saturated rings. The molecule has 0 bridgehead atoms. The van der Waals surface area contributed by atoms with Crippen molar-refractivity contribution in [3.8, 4) is 6.07 Å². The van der Waals surface area contributed by atoms with Crippen LogP contribution in [0.3, 0.4) is 0 Å². The zero-order chi connectivity index (χ0) is 26.5. The number of hydrogen-bond acceptors (Lipinski definition) is 6. The first-order valence-corrected chi connectivity index (χ1v) is 14.5. The van der Waals surface area contributed by atoms with Crippen LogP contribution in [-0.4, -0.2) is 53.6 Å². The Morgan fingerprint density at radius 1 is 1.08 bits per heavy atom.